The first-order valence-corrected chi connectivity index (χ1v) is 7.29. The normalized spacial score (nSPS) is 21.6. The summed E-state index contributed by atoms with van der Waals surface area (Å²) in [5.74, 6) is 1.14. The maximum Gasteiger partial charge on any atom is 0.0961 e. The number of likely N-dealkylation sites (tertiary alicyclic amines) is 1. The van der Waals surface area contributed by atoms with Crippen molar-refractivity contribution < 1.29 is 0 Å². The molecular formula is C13H21N3S. The fourth-order valence-electron chi connectivity index (χ4n) is 2.29. The fourth-order valence-corrected chi connectivity index (χ4v) is 3.18. The Kier molecular flexibility index (Phi) is 4.68. The molecule has 0 amide bonds. The highest BCUT2D eigenvalue weighted by atomic mass is 32.2. The van der Waals surface area contributed by atoms with E-state index in [1.807, 2.05) is 23.9 Å². The predicted molar refractivity (Wildman–Crippen MR) is 74.3 cm³/mol. The van der Waals surface area contributed by atoms with Gasteiger partial charge in [-0.1, -0.05) is 6.42 Å². The van der Waals surface area contributed by atoms with Gasteiger partial charge in [0.1, 0.15) is 0 Å². The second-order valence-electron chi connectivity index (χ2n) is 4.70. The van der Waals surface area contributed by atoms with Crippen LogP contribution in [0.2, 0.25) is 0 Å². The standard InChI is InChI=1S/C13H21N3S/c1-16-8-3-2-4-12(16)7-9-17-13-6-5-11(14)10-15-13/h5-6,10,12H,2-4,7-9,14H2,1H3. The quantitative estimate of drug-likeness (QED) is 0.835. The van der Waals surface area contributed by atoms with Crippen molar-refractivity contribution in [3.63, 3.8) is 0 Å². The molecule has 0 saturated carbocycles. The molecule has 1 aliphatic heterocycles. The van der Waals surface area contributed by atoms with E-state index >= 15 is 0 Å². The second kappa shape index (κ2) is 6.26. The maximum absolute atomic E-state index is 5.61. The first-order chi connectivity index (χ1) is 8.25. The predicted octanol–water partition coefficient (Wildman–Crippen LogP) is 2.63. The molecule has 4 heteroatoms. The number of hydrogen-bond donors (Lipinski definition) is 1. The third kappa shape index (κ3) is 3.89. The van der Waals surface area contributed by atoms with Crippen molar-refractivity contribution in [2.24, 2.45) is 0 Å². The van der Waals surface area contributed by atoms with Gasteiger partial charge in [0.2, 0.25) is 0 Å². The molecule has 0 aliphatic carbocycles. The Bertz CT molecular complexity index is 339. The first-order valence-electron chi connectivity index (χ1n) is 6.30. The second-order valence-corrected chi connectivity index (χ2v) is 5.81. The number of hydrogen-bond acceptors (Lipinski definition) is 4. The van der Waals surface area contributed by atoms with Crippen LogP contribution >= 0.6 is 11.8 Å². The highest BCUT2D eigenvalue weighted by Gasteiger charge is 2.18. The van der Waals surface area contributed by atoms with E-state index in [4.69, 9.17) is 5.73 Å². The molecule has 2 N–H and O–H groups in total. The van der Waals surface area contributed by atoms with Crippen LogP contribution in [0.4, 0.5) is 5.69 Å². The van der Waals surface area contributed by atoms with Crippen molar-refractivity contribution in [2.45, 2.75) is 36.8 Å². The number of pyridine rings is 1. The maximum atomic E-state index is 5.61. The van der Waals surface area contributed by atoms with Gasteiger partial charge < -0.3 is 10.6 Å². The fraction of sp³-hybridized carbons (Fsp3) is 0.615. The van der Waals surface area contributed by atoms with Crippen LogP contribution in [0.1, 0.15) is 25.7 Å². The van der Waals surface area contributed by atoms with E-state index in [2.05, 4.69) is 16.9 Å². The lowest BCUT2D eigenvalue weighted by Gasteiger charge is -2.32. The summed E-state index contributed by atoms with van der Waals surface area (Å²) in [6.45, 7) is 1.26. The van der Waals surface area contributed by atoms with Gasteiger partial charge in [0, 0.05) is 11.8 Å². The summed E-state index contributed by atoms with van der Waals surface area (Å²) in [7, 11) is 2.25. The third-order valence-electron chi connectivity index (χ3n) is 3.38. The van der Waals surface area contributed by atoms with Crippen molar-refractivity contribution >= 4 is 17.4 Å². The number of rotatable bonds is 4. The molecule has 1 aromatic rings. The van der Waals surface area contributed by atoms with E-state index in [9.17, 15) is 0 Å². The molecule has 1 fully saturated rings. The number of thioether (sulfide) groups is 1. The third-order valence-corrected chi connectivity index (χ3v) is 4.36. The van der Waals surface area contributed by atoms with Gasteiger partial charge in [-0.3, -0.25) is 0 Å². The first kappa shape index (κ1) is 12.7. The van der Waals surface area contributed by atoms with Gasteiger partial charge >= 0.3 is 0 Å². The number of piperidine rings is 1. The monoisotopic (exact) mass is 251 g/mol. The summed E-state index contributed by atoms with van der Waals surface area (Å²) in [4.78, 5) is 6.80. The minimum absolute atomic E-state index is 0.737. The van der Waals surface area contributed by atoms with Crippen LogP contribution < -0.4 is 5.73 Å². The van der Waals surface area contributed by atoms with Crippen LogP contribution in [0, 0.1) is 0 Å². The molecule has 1 saturated heterocycles. The summed E-state index contributed by atoms with van der Waals surface area (Å²) < 4.78 is 0. The topological polar surface area (TPSA) is 42.1 Å². The van der Waals surface area contributed by atoms with Crippen LogP contribution in [0.5, 0.6) is 0 Å². The molecule has 0 aromatic carbocycles. The van der Waals surface area contributed by atoms with Gasteiger partial charge in [0.05, 0.1) is 16.9 Å². The Morgan fingerprint density at radius 3 is 3.06 bits per heavy atom. The van der Waals surface area contributed by atoms with Crippen molar-refractivity contribution in [1.29, 1.82) is 0 Å². The Balaban J connectivity index is 1.73. The van der Waals surface area contributed by atoms with Crippen molar-refractivity contribution in [1.82, 2.24) is 9.88 Å². The molecule has 1 aliphatic rings. The van der Waals surface area contributed by atoms with Crippen molar-refractivity contribution in [3.05, 3.63) is 18.3 Å². The van der Waals surface area contributed by atoms with Crippen molar-refractivity contribution in [3.8, 4) is 0 Å². The van der Waals surface area contributed by atoms with Gasteiger partial charge in [-0.2, -0.15) is 0 Å². The molecule has 1 aromatic heterocycles. The highest BCUT2D eigenvalue weighted by Crippen LogP contribution is 2.22. The molecule has 0 radical (unpaired) electrons. The lowest BCUT2D eigenvalue weighted by Crippen LogP contribution is -2.36. The summed E-state index contributed by atoms with van der Waals surface area (Å²) in [6.07, 6.45) is 7.09. The van der Waals surface area contributed by atoms with Gasteiger partial charge in [-0.15, -0.1) is 11.8 Å². The van der Waals surface area contributed by atoms with E-state index < -0.39 is 0 Å². The average Bonchev–Trinajstić information content (AvgIpc) is 2.34. The number of nitrogens with zero attached hydrogens (tertiary/aromatic N) is 2. The molecule has 1 atom stereocenters. The summed E-state index contributed by atoms with van der Waals surface area (Å²) >= 11 is 1.83. The zero-order valence-corrected chi connectivity index (χ0v) is 11.2. The molecule has 0 spiro atoms. The lowest BCUT2D eigenvalue weighted by atomic mass is 10.0. The zero-order chi connectivity index (χ0) is 12.1. The summed E-state index contributed by atoms with van der Waals surface area (Å²) in [6, 6.07) is 4.69. The molecule has 17 heavy (non-hydrogen) atoms. The average molecular weight is 251 g/mol. The largest absolute Gasteiger partial charge is 0.397 e. The number of nitrogens with two attached hydrogens (primary N) is 1. The molecule has 0 bridgehead atoms. The molecule has 1 unspecified atom stereocenters. The van der Waals surface area contributed by atoms with E-state index in [1.165, 1.54) is 32.2 Å². The van der Waals surface area contributed by atoms with Crippen LogP contribution in [0.15, 0.2) is 23.4 Å². The number of nitrogen functional groups attached to an aromatic ring is 1. The molecule has 94 valence electrons. The molecule has 3 nitrogen and oxygen atoms in total. The Morgan fingerprint density at radius 2 is 2.35 bits per heavy atom. The molecule has 2 rings (SSSR count). The summed E-state index contributed by atoms with van der Waals surface area (Å²) in [5.41, 5.74) is 6.35. The molecule has 2 heterocycles. The number of anilines is 1. The van der Waals surface area contributed by atoms with Crippen LogP contribution in [0.3, 0.4) is 0 Å². The van der Waals surface area contributed by atoms with Crippen LogP contribution in [-0.2, 0) is 0 Å². The number of aromatic nitrogens is 1. The Labute approximate surface area is 108 Å². The summed E-state index contributed by atoms with van der Waals surface area (Å²) in [5, 5.41) is 1.08. The van der Waals surface area contributed by atoms with Gasteiger partial charge in [-0.05, 0) is 45.0 Å². The van der Waals surface area contributed by atoms with E-state index in [0.717, 1.165) is 22.5 Å². The SMILES string of the molecule is CN1CCCCC1CCSc1ccc(N)cn1. The van der Waals surface area contributed by atoms with Gasteiger partial charge in [-0.25, -0.2) is 4.98 Å². The molecular weight excluding hydrogens is 230 g/mol. The smallest absolute Gasteiger partial charge is 0.0961 e. The van der Waals surface area contributed by atoms with E-state index in [0.29, 0.717) is 0 Å². The van der Waals surface area contributed by atoms with E-state index in [1.54, 1.807) is 6.20 Å². The van der Waals surface area contributed by atoms with Gasteiger partial charge in [0.15, 0.2) is 0 Å². The Hall–Kier alpha value is -0.740. The minimum atomic E-state index is 0.737. The van der Waals surface area contributed by atoms with Crippen molar-refractivity contribution in [2.75, 3.05) is 25.1 Å². The van der Waals surface area contributed by atoms with Gasteiger partial charge in [0.25, 0.3) is 0 Å². The lowest BCUT2D eigenvalue weighted by molar-refractivity contribution is 0.182. The Morgan fingerprint density at radius 1 is 1.47 bits per heavy atom. The highest BCUT2D eigenvalue weighted by molar-refractivity contribution is 7.99. The minimum Gasteiger partial charge on any atom is -0.397 e. The van der Waals surface area contributed by atoms with Crippen LogP contribution in [0.25, 0.3) is 0 Å². The van der Waals surface area contributed by atoms with E-state index in [-0.39, 0.29) is 0 Å². The van der Waals surface area contributed by atoms with Crippen LogP contribution in [-0.4, -0.2) is 35.3 Å². The zero-order valence-electron chi connectivity index (χ0n) is 10.4.